The topological polar surface area (TPSA) is 77.4 Å². The Morgan fingerprint density at radius 2 is 1.70 bits per heavy atom. The van der Waals surface area contributed by atoms with Gasteiger partial charge < -0.3 is 9.30 Å². The third-order valence-electron chi connectivity index (χ3n) is 6.08. The highest BCUT2D eigenvalue weighted by Gasteiger charge is 2.18. The monoisotopic (exact) mass is 558 g/mol. The Balaban J connectivity index is 1.40. The zero-order valence-electron chi connectivity index (χ0n) is 20.6. The minimum Gasteiger partial charge on any atom is -0.494 e. The van der Waals surface area contributed by atoms with E-state index in [1.54, 1.807) is 18.2 Å². The van der Waals surface area contributed by atoms with Gasteiger partial charge in [0.15, 0.2) is 0 Å². The van der Waals surface area contributed by atoms with Gasteiger partial charge in [0.05, 0.1) is 11.5 Å². The van der Waals surface area contributed by atoms with Crippen LogP contribution in [0.25, 0.3) is 10.9 Å². The van der Waals surface area contributed by atoms with Crippen LogP contribution in [0.1, 0.15) is 29.5 Å². The molecule has 6 nitrogen and oxygen atoms in total. The van der Waals surface area contributed by atoms with E-state index in [9.17, 15) is 13.2 Å². The Hall–Kier alpha value is -3.00. The van der Waals surface area contributed by atoms with Crippen LogP contribution in [0.2, 0.25) is 10.0 Å². The van der Waals surface area contributed by atoms with Crippen LogP contribution in [0.5, 0.6) is 5.75 Å². The molecule has 0 saturated heterocycles. The van der Waals surface area contributed by atoms with E-state index in [1.165, 1.54) is 12.1 Å². The summed E-state index contributed by atoms with van der Waals surface area (Å²) in [6.07, 6.45) is 3.56. The number of fused-ring (bicyclic) bond motifs is 1. The minimum atomic E-state index is -3.90. The molecule has 9 heteroatoms. The predicted octanol–water partition coefficient (Wildman–Crippen LogP) is 6.47. The van der Waals surface area contributed by atoms with Crippen molar-refractivity contribution in [2.75, 3.05) is 6.61 Å². The SMILES string of the molecule is Cc1cc(OCCCc2cn(CCC(=O)NS(=O)(=O)c3ccccc3)c3cc(Cl)ccc23)cc(C)c1Cl. The van der Waals surface area contributed by atoms with Crippen molar-refractivity contribution in [3.8, 4) is 5.75 Å². The van der Waals surface area contributed by atoms with Crippen LogP contribution in [0.4, 0.5) is 0 Å². The highest BCUT2D eigenvalue weighted by Crippen LogP contribution is 2.28. The molecule has 0 spiro atoms. The summed E-state index contributed by atoms with van der Waals surface area (Å²) in [4.78, 5) is 12.5. The predicted molar refractivity (Wildman–Crippen MR) is 148 cm³/mol. The van der Waals surface area contributed by atoms with Crippen molar-refractivity contribution < 1.29 is 17.9 Å². The van der Waals surface area contributed by atoms with Crippen molar-refractivity contribution >= 4 is 50.0 Å². The number of aromatic nitrogens is 1. The van der Waals surface area contributed by atoms with Gasteiger partial charge in [0.1, 0.15) is 5.75 Å². The molecule has 4 aromatic rings. The third kappa shape index (κ3) is 6.66. The number of aryl methyl sites for hydroxylation is 4. The fourth-order valence-electron chi connectivity index (χ4n) is 4.25. The van der Waals surface area contributed by atoms with Crippen molar-refractivity contribution in [3.05, 3.63) is 93.6 Å². The molecule has 37 heavy (non-hydrogen) atoms. The maximum absolute atomic E-state index is 12.5. The molecule has 0 saturated carbocycles. The summed E-state index contributed by atoms with van der Waals surface area (Å²) in [5, 5.41) is 2.39. The molecule has 0 aliphatic heterocycles. The zero-order chi connectivity index (χ0) is 26.6. The summed E-state index contributed by atoms with van der Waals surface area (Å²) >= 11 is 12.5. The van der Waals surface area contributed by atoms with Gasteiger partial charge >= 0.3 is 0 Å². The average molecular weight is 560 g/mol. The summed E-state index contributed by atoms with van der Waals surface area (Å²) in [6.45, 7) is 4.77. The molecule has 0 bridgehead atoms. The fraction of sp³-hybridized carbons (Fsp3) is 0.250. The molecule has 4 rings (SSSR count). The maximum Gasteiger partial charge on any atom is 0.264 e. The number of halogens is 2. The molecule has 1 N–H and O–H groups in total. The second-order valence-electron chi connectivity index (χ2n) is 8.92. The van der Waals surface area contributed by atoms with Gasteiger partial charge in [-0.05, 0) is 79.8 Å². The third-order valence-corrected chi connectivity index (χ3v) is 8.30. The van der Waals surface area contributed by atoms with Gasteiger partial charge in [-0.3, -0.25) is 4.79 Å². The number of ether oxygens (including phenoxy) is 1. The number of sulfonamides is 1. The van der Waals surface area contributed by atoms with Crippen molar-refractivity contribution in [1.82, 2.24) is 9.29 Å². The second-order valence-corrected chi connectivity index (χ2v) is 11.4. The number of nitrogens with zero attached hydrogens (tertiary/aromatic N) is 1. The van der Waals surface area contributed by atoms with Crippen molar-refractivity contribution in [2.24, 2.45) is 0 Å². The lowest BCUT2D eigenvalue weighted by Crippen LogP contribution is -2.31. The molecule has 1 aromatic heterocycles. The maximum atomic E-state index is 12.5. The van der Waals surface area contributed by atoms with E-state index in [2.05, 4.69) is 4.72 Å². The Morgan fingerprint density at radius 3 is 2.41 bits per heavy atom. The smallest absolute Gasteiger partial charge is 0.264 e. The van der Waals surface area contributed by atoms with Crippen LogP contribution >= 0.6 is 23.2 Å². The van der Waals surface area contributed by atoms with Crippen LogP contribution < -0.4 is 9.46 Å². The molecule has 1 heterocycles. The quantitative estimate of drug-likeness (QED) is 0.226. The van der Waals surface area contributed by atoms with Crippen LogP contribution in [-0.2, 0) is 27.8 Å². The molecule has 0 atom stereocenters. The molecular formula is C28H28Cl2N2O4S. The summed E-state index contributed by atoms with van der Waals surface area (Å²) in [7, 11) is -3.90. The minimum absolute atomic E-state index is 0.000176. The lowest BCUT2D eigenvalue weighted by Gasteiger charge is -2.10. The highest BCUT2D eigenvalue weighted by molar-refractivity contribution is 7.90. The van der Waals surface area contributed by atoms with Crippen molar-refractivity contribution in [1.29, 1.82) is 0 Å². The summed E-state index contributed by atoms with van der Waals surface area (Å²) in [5.74, 6) is 0.223. The lowest BCUT2D eigenvalue weighted by atomic mass is 10.1. The number of rotatable bonds is 10. The average Bonchev–Trinajstić information content (AvgIpc) is 3.20. The van der Waals surface area contributed by atoms with Gasteiger partial charge in [-0.2, -0.15) is 0 Å². The van der Waals surface area contributed by atoms with E-state index in [4.69, 9.17) is 27.9 Å². The first-order valence-electron chi connectivity index (χ1n) is 11.9. The largest absolute Gasteiger partial charge is 0.494 e. The van der Waals surface area contributed by atoms with E-state index < -0.39 is 15.9 Å². The molecule has 3 aromatic carbocycles. The number of hydrogen-bond donors (Lipinski definition) is 1. The standard InChI is InChI=1S/C28H28Cl2N2O4S/c1-19-15-23(16-20(2)28(19)30)36-14-6-7-21-18-32(26-17-22(29)10-11-25(21)26)13-12-27(33)31-37(34,35)24-8-4-3-5-9-24/h3-5,8-11,15-18H,6-7,12-14H2,1-2H3,(H,31,33). The van der Waals surface area contributed by atoms with E-state index in [1.807, 2.05) is 54.9 Å². The molecular weight excluding hydrogens is 531 g/mol. The molecule has 0 radical (unpaired) electrons. The van der Waals surface area contributed by atoms with E-state index in [-0.39, 0.29) is 11.3 Å². The first-order chi connectivity index (χ1) is 17.6. The fourth-order valence-corrected chi connectivity index (χ4v) is 5.56. The van der Waals surface area contributed by atoms with Crippen molar-refractivity contribution in [3.63, 3.8) is 0 Å². The van der Waals surface area contributed by atoms with Gasteiger partial charge in [0, 0.05) is 40.1 Å². The number of carbonyl (C=O) groups excluding carboxylic acids is 1. The second kappa shape index (κ2) is 11.6. The molecule has 0 fully saturated rings. The van der Waals surface area contributed by atoms with Crippen LogP contribution in [0.3, 0.4) is 0 Å². The summed E-state index contributed by atoms with van der Waals surface area (Å²) in [6, 6.07) is 17.4. The molecule has 1 amide bonds. The van der Waals surface area contributed by atoms with Gasteiger partial charge in [-0.1, -0.05) is 47.5 Å². The number of hydrogen-bond acceptors (Lipinski definition) is 4. The van der Waals surface area contributed by atoms with E-state index >= 15 is 0 Å². The normalized spacial score (nSPS) is 11.6. The van der Waals surface area contributed by atoms with Crippen molar-refractivity contribution in [2.45, 2.75) is 44.6 Å². The number of nitrogens with one attached hydrogen (secondary N) is 1. The Bertz CT molecular complexity index is 1510. The van der Waals surface area contributed by atoms with E-state index in [0.29, 0.717) is 18.2 Å². The summed E-state index contributed by atoms with van der Waals surface area (Å²) < 4.78 is 34.9. The number of amides is 1. The number of carbonyl (C=O) groups is 1. The lowest BCUT2D eigenvalue weighted by molar-refractivity contribution is -0.119. The number of benzene rings is 3. The van der Waals surface area contributed by atoms with Crippen LogP contribution in [-0.4, -0.2) is 25.5 Å². The van der Waals surface area contributed by atoms with Gasteiger partial charge in [-0.15, -0.1) is 0 Å². The van der Waals surface area contributed by atoms with Gasteiger partial charge in [0.2, 0.25) is 5.91 Å². The van der Waals surface area contributed by atoms with E-state index in [0.717, 1.165) is 51.2 Å². The highest BCUT2D eigenvalue weighted by atomic mass is 35.5. The van der Waals surface area contributed by atoms with Crippen LogP contribution in [0.15, 0.2) is 71.8 Å². The molecule has 194 valence electrons. The zero-order valence-corrected chi connectivity index (χ0v) is 23.0. The Morgan fingerprint density at radius 1 is 1.00 bits per heavy atom. The molecule has 0 aliphatic carbocycles. The Labute approximate surface area is 227 Å². The first-order valence-corrected chi connectivity index (χ1v) is 14.2. The molecule has 0 unspecified atom stereocenters. The molecule has 0 aliphatic rings. The first kappa shape index (κ1) is 27.0. The Kier molecular flexibility index (Phi) is 8.47. The summed E-state index contributed by atoms with van der Waals surface area (Å²) in [5.41, 5.74) is 3.97. The van der Waals surface area contributed by atoms with Crippen LogP contribution in [0, 0.1) is 13.8 Å². The van der Waals surface area contributed by atoms with Gasteiger partial charge in [-0.25, -0.2) is 13.1 Å². The van der Waals surface area contributed by atoms with Gasteiger partial charge in [0.25, 0.3) is 10.0 Å².